The molecule has 0 aliphatic carbocycles. The van der Waals surface area contributed by atoms with E-state index in [4.69, 9.17) is 10.00 Å². The van der Waals surface area contributed by atoms with E-state index < -0.39 is 0 Å². The molecule has 1 amide bonds. The number of aliphatic imine (C=N–C) groups is 1. The van der Waals surface area contributed by atoms with Crippen LogP contribution in [-0.4, -0.2) is 49.7 Å². The summed E-state index contributed by atoms with van der Waals surface area (Å²) in [6.07, 6.45) is 1.48. The molecule has 0 saturated carbocycles. The lowest BCUT2D eigenvalue weighted by Gasteiger charge is -2.32. The largest absolute Gasteiger partial charge is 0.450 e. The summed E-state index contributed by atoms with van der Waals surface area (Å²) < 4.78 is 5.03. The van der Waals surface area contributed by atoms with Gasteiger partial charge in [0.25, 0.3) is 0 Å². The highest BCUT2D eigenvalue weighted by molar-refractivity contribution is 5.80. The molecule has 0 radical (unpaired) electrons. The Hall–Kier alpha value is -2.75. The molecule has 134 valence electrons. The summed E-state index contributed by atoms with van der Waals surface area (Å²) in [5.41, 5.74) is 1.73. The normalized spacial score (nSPS) is 15.4. The van der Waals surface area contributed by atoms with Crippen molar-refractivity contribution in [2.75, 3.05) is 26.7 Å². The van der Waals surface area contributed by atoms with Gasteiger partial charge >= 0.3 is 6.09 Å². The summed E-state index contributed by atoms with van der Waals surface area (Å²) in [6.45, 7) is 4.22. The van der Waals surface area contributed by atoms with Crippen molar-refractivity contribution in [3.05, 3.63) is 35.4 Å². The monoisotopic (exact) mass is 343 g/mol. The van der Waals surface area contributed by atoms with Crippen molar-refractivity contribution in [1.29, 1.82) is 5.26 Å². The van der Waals surface area contributed by atoms with Crippen molar-refractivity contribution >= 4 is 12.1 Å². The SMILES string of the molecule is CCOC(=O)N1CCC(NC(=NC)NCc2ccc(C#N)cc2)CC1. The van der Waals surface area contributed by atoms with Crippen molar-refractivity contribution in [2.24, 2.45) is 4.99 Å². The van der Waals surface area contributed by atoms with Gasteiger partial charge in [-0.2, -0.15) is 5.26 Å². The van der Waals surface area contributed by atoms with Gasteiger partial charge in [0.2, 0.25) is 0 Å². The number of ether oxygens (including phenoxy) is 1. The van der Waals surface area contributed by atoms with Crippen molar-refractivity contribution in [1.82, 2.24) is 15.5 Å². The van der Waals surface area contributed by atoms with Crippen LogP contribution in [-0.2, 0) is 11.3 Å². The van der Waals surface area contributed by atoms with Crippen molar-refractivity contribution in [2.45, 2.75) is 32.4 Å². The summed E-state index contributed by atoms with van der Waals surface area (Å²) in [7, 11) is 1.74. The van der Waals surface area contributed by atoms with Gasteiger partial charge in [-0.05, 0) is 37.5 Å². The number of nitrogens with zero attached hydrogens (tertiary/aromatic N) is 3. The first-order valence-electron chi connectivity index (χ1n) is 8.54. The number of amides is 1. The standard InChI is InChI=1S/C18H25N5O2/c1-3-25-18(24)23-10-8-16(9-11-23)22-17(20-2)21-13-15-6-4-14(12-19)5-7-15/h4-7,16H,3,8-11,13H2,1-2H3,(H2,20,21,22). The Labute approximate surface area is 148 Å². The van der Waals surface area contributed by atoms with Gasteiger partial charge in [-0.3, -0.25) is 4.99 Å². The molecule has 7 heteroatoms. The van der Waals surface area contributed by atoms with E-state index in [2.05, 4.69) is 21.7 Å². The van der Waals surface area contributed by atoms with Crippen LogP contribution in [0.15, 0.2) is 29.3 Å². The molecule has 1 aliphatic rings. The molecular formula is C18H25N5O2. The Balaban J connectivity index is 1.77. The quantitative estimate of drug-likeness (QED) is 0.643. The zero-order valence-corrected chi connectivity index (χ0v) is 14.8. The minimum atomic E-state index is -0.232. The topological polar surface area (TPSA) is 89.8 Å². The van der Waals surface area contributed by atoms with Gasteiger partial charge in [0.05, 0.1) is 18.2 Å². The zero-order valence-electron chi connectivity index (χ0n) is 14.8. The maximum atomic E-state index is 11.7. The van der Waals surface area contributed by atoms with Crippen molar-refractivity contribution in [3.8, 4) is 6.07 Å². The molecule has 2 rings (SSSR count). The van der Waals surface area contributed by atoms with Crippen LogP contribution in [0.25, 0.3) is 0 Å². The average molecular weight is 343 g/mol. The third-order valence-electron chi connectivity index (χ3n) is 4.13. The molecule has 1 fully saturated rings. The maximum Gasteiger partial charge on any atom is 0.409 e. The number of piperidine rings is 1. The number of carbonyl (C=O) groups is 1. The van der Waals surface area contributed by atoms with Crippen LogP contribution >= 0.6 is 0 Å². The molecule has 7 nitrogen and oxygen atoms in total. The molecule has 0 bridgehead atoms. The van der Waals surface area contributed by atoms with Gasteiger partial charge < -0.3 is 20.3 Å². The van der Waals surface area contributed by atoms with Gasteiger partial charge in [0.1, 0.15) is 0 Å². The fraction of sp³-hybridized carbons (Fsp3) is 0.500. The van der Waals surface area contributed by atoms with Gasteiger partial charge in [0.15, 0.2) is 5.96 Å². The number of carbonyl (C=O) groups excluding carboxylic acids is 1. The summed E-state index contributed by atoms with van der Waals surface area (Å²) >= 11 is 0. The summed E-state index contributed by atoms with van der Waals surface area (Å²) in [4.78, 5) is 17.7. The Bertz CT molecular complexity index is 628. The van der Waals surface area contributed by atoms with E-state index in [0.717, 1.165) is 24.4 Å². The van der Waals surface area contributed by atoms with Crippen LogP contribution in [0, 0.1) is 11.3 Å². The number of benzene rings is 1. The number of guanidine groups is 1. The van der Waals surface area contributed by atoms with E-state index in [-0.39, 0.29) is 12.1 Å². The van der Waals surface area contributed by atoms with Crippen LogP contribution in [0.4, 0.5) is 4.79 Å². The smallest absolute Gasteiger partial charge is 0.409 e. The number of nitrogens with one attached hydrogen (secondary N) is 2. The second kappa shape index (κ2) is 9.52. The Morgan fingerprint density at radius 1 is 1.36 bits per heavy atom. The second-order valence-electron chi connectivity index (χ2n) is 5.84. The van der Waals surface area contributed by atoms with Crippen LogP contribution in [0.2, 0.25) is 0 Å². The number of likely N-dealkylation sites (tertiary alicyclic amines) is 1. The van der Waals surface area contributed by atoms with Crippen LogP contribution in [0.3, 0.4) is 0 Å². The lowest BCUT2D eigenvalue weighted by atomic mass is 10.1. The third kappa shape index (κ3) is 5.68. The van der Waals surface area contributed by atoms with Crippen LogP contribution < -0.4 is 10.6 Å². The molecular weight excluding hydrogens is 318 g/mol. The maximum absolute atomic E-state index is 11.7. The molecule has 1 aromatic rings. The molecule has 25 heavy (non-hydrogen) atoms. The summed E-state index contributed by atoms with van der Waals surface area (Å²) in [6, 6.07) is 9.85. The van der Waals surface area contributed by atoms with Gasteiger partial charge in [0, 0.05) is 32.7 Å². The van der Waals surface area contributed by atoms with Crippen LogP contribution in [0.1, 0.15) is 30.9 Å². The van der Waals surface area contributed by atoms with E-state index in [1.54, 1.807) is 24.1 Å². The van der Waals surface area contributed by atoms with Crippen molar-refractivity contribution in [3.63, 3.8) is 0 Å². The van der Waals surface area contributed by atoms with E-state index in [1.165, 1.54) is 0 Å². The number of hydrogen-bond acceptors (Lipinski definition) is 4. The molecule has 2 N–H and O–H groups in total. The van der Waals surface area contributed by atoms with E-state index in [9.17, 15) is 4.79 Å². The molecule has 1 aromatic carbocycles. The molecule has 1 heterocycles. The predicted molar refractivity (Wildman–Crippen MR) is 96.1 cm³/mol. The molecule has 0 atom stereocenters. The minimum absolute atomic E-state index is 0.232. The molecule has 0 spiro atoms. The predicted octanol–water partition coefficient (Wildman–Crippen LogP) is 1.84. The number of nitriles is 1. The van der Waals surface area contributed by atoms with E-state index in [1.807, 2.05) is 19.1 Å². The fourth-order valence-electron chi connectivity index (χ4n) is 2.69. The molecule has 1 saturated heterocycles. The summed E-state index contributed by atoms with van der Waals surface area (Å²) in [5, 5.41) is 15.5. The zero-order chi connectivity index (χ0) is 18.1. The highest BCUT2D eigenvalue weighted by Gasteiger charge is 2.23. The van der Waals surface area contributed by atoms with Gasteiger partial charge in [-0.25, -0.2) is 4.79 Å². The lowest BCUT2D eigenvalue weighted by Crippen LogP contribution is -2.49. The highest BCUT2D eigenvalue weighted by atomic mass is 16.6. The summed E-state index contributed by atoms with van der Waals surface area (Å²) in [5.74, 6) is 0.735. The first-order chi connectivity index (χ1) is 12.2. The highest BCUT2D eigenvalue weighted by Crippen LogP contribution is 2.11. The average Bonchev–Trinajstić information content (AvgIpc) is 2.66. The number of hydrogen-bond donors (Lipinski definition) is 2. The van der Waals surface area contributed by atoms with E-state index >= 15 is 0 Å². The third-order valence-corrected chi connectivity index (χ3v) is 4.13. The van der Waals surface area contributed by atoms with Gasteiger partial charge in [-0.1, -0.05) is 12.1 Å². The second-order valence-corrected chi connectivity index (χ2v) is 5.84. The Kier molecular flexibility index (Phi) is 7.08. The van der Waals surface area contributed by atoms with Crippen molar-refractivity contribution < 1.29 is 9.53 Å². The molecule has 1 aliphatic heterocycles. The van der Waals surface area contributed by atoms with Crippen LogP contribution in [0.5, 0.6) is 0 Å². The first kappa shape index (κ1) is 18.6. The Morgan fingerprint density at radius 3 is 2.60 bits per heavy atom. The molecule has 0 unspecified atom stereocenters. The molecule has 0 aromatic heterocycles. The van der Waals surface area contributed by atoms with E-state index in [0.29, 0.717) is 31.8 Å². The fourth-order valence-corrected chi connectivity index (χ4v) is 2.69. The Morgan fingerprint density at radius 2 is 2.04 bits per heavy atom. The van der Waals surface area contributed by atoms with Gasteiger partial charge in [-0.15, -0.1) is 0 Å². The minimum Gasteiger partial charge on any atom is -0.450 e. The lowest BCUT2D eigenvalue weighted by molar-refractivity contribution is 0.0963. The number of rotatable bonds is 4. The first-order valence-corrected chi connectivity index (χ1v) is 8.54.